The summed E-state index contributed by atoms with van der Waals surface area (Å²) < 4.78 is 18.3. The maximum Gasteiger partial charge on any atom is 0.246 e. The molecule has 0 bridgehead atoms. The van der Waals surface area contributed by atoms with Gasteiger partial charge in [-0.2, -0.15) is 0 Å². The van der Waals surface area contributed by atoms with Gasteiger partial charge in [0.2, 0.25) is 11.8 Å². The van der Waals surface area contributed by atoms with Crippen LogP contribution < -0.4 is 10.1 Å². The van der Waals surface area contributed by atoms with Crippen LogP contribution in [0.15, 0.2) is 48.5 Å². The number of nitrogens with one attached hydrogen (secondary N) is 1. The molecule has 1 N–H and O–H groups in total. The molecular weight excluding hydrogens is 385 g/mol. The lowest BCUT2D eigenvalue weighted by atomic mass is 10.1. The molecule has 158 valence electrons. The second kappa shape index (κ2) is 10.0. The summed E-state index contributed by atoms with van der Waals surface area (Å²) in [6, 6.07) is 11.5. The first-order chi connectivity index (χ1) is 14.4. The number of rotatable bonds is 6. The van der Waals surface area contributed by atoms with E-state index in [0.717, 1.165) is 16.9 Å². The van der Waals surface area contributed by atoms with Crippen LogP contribution >= 0.6 is 0 Å². The predicted octanol–water partition coefficient (Wildman–Crippen LogP) is 2.94. The molecule has 0 aromatic heterocycles. The van der Waals surface area contributed by atoms with Gasteiger partial charge >= 0.3 is 0 Å². The summed E-state index contributed by atoms with van der Waals surface area (Å²) in [6.07, 6.45) is 3.34. The van der Waals surface area contributed by atoms with Crippen molar-refractivity contribution in [2.75, 3.05) is 45.2 Å². The van der Waals surface area contributed by atoms with Crippen LogP contribution in [0.3, 0.4) is 0 Å². The minimum absolute atomic E-state index is 0.0611. The van der Waals surface area contributed by atoms with Crippen molar-refractivity contribution in [1.82, 2.24) is 9.80 Å². The molecule has 1 fully saturated rings. The molecule has 1 aliphatic rings. The largest absolute Gasteiger partial charge is 0.496 e. The average Bonchev–Trinajstić information content (AvgIpc) is 2.74. The van der Waals surface area contributed by atoms with Crippen molar-refractivity contribution in [2.24, 2.45) is 0 Å². The second-order valence-corrected chi connectivity index (χ2v) is 7.24. The van der Waals surface area contributed by atoms with Gasteiger partial charge < -0.3 is 15.0 Å². The number of amides is 2. The number of nitrogens with zero attached hydrogens (tertiary/aromatic N) is 2. The van der Waals surface area contributed by atoms with Gasteiger partial charge in [-0.25, -0.2) is 4.39 Å². The van der Waals surface area contributed by atoms with E-state index < -0.39 is 0 Å². The normalized spacial score (nSPS) is 14.7. The number of ether oxygens (including phenoxy) is 1. The summed E-state index contributed by atoms with van der Waals surface area (Å²) in [6.45, 7) is 4.56. The molecule has 2 aromatic carbocycles. The highest BCUT2D eigenvalue weighted by molar-refractivity contribution is 5.93. The maximum absolute atomic E-state index is 12.9. The summed E-state index contributed by atoms with van der Waals surface area (Å²) in [5, 5.41) is 2.75. The van der Waals surface area contributed by atoms with E-state index in [4.69, 9.17) is 4.74 Å². The topological polar surface area (TPSA) is 61.9 Å². The molecule has 0 saturated carbocycles. The smallest absolute Gasteiger partial charge is 0.246 e. The van der Waals surface area contributed by atoms with Gasteiger partial charge in [0.05, 0.1) is 13.7 Å². The van der Waals surface area contributed by atoms with Crippen molar-refractivity contribution < 1.29 is 18.7 Å². The molecule has 2 aromatic rings. The molecule has 1 aliphatic heterocycles. The fourth-order valence-electron chi connectivity index (χ4n) is 3.31. The highest BCUT2D eigenvalue weighted by Crippen LogP contribution is 2.21. The van der Waals surface area contributed by atoms with Crippen LogP contribution in [-0.4, -0.2) is 61.4 Å². The zero-order chi connectivity index (χ0) is 21.5. The first-order valence-electron chi connectivity index (χ1n) is 9.84. The molecular formula is C23H26FN3O3. The lowest BCUT2D eigenvalue weighted by Crippen LogP contribution is -2.50. The van der Waals surface area contributed by atoms with E-state index in [0.29, 0.717) is 31.9 Å². The Kier molecular flexibility index (Phi) is 7.19. The van der Waals surface area contributed by atoms with Crippen molar-refractivity contribution in [3.8, 4) is 5.75 Å². The van der Waals surface area contributed by atoms with Gasteiger partial charge in [0, 0.05) is 43.5 Å². The van der Waals surface area contributed by atoms with Crippen LogP contribution in [0, 0.1) is 12.7 Å². The Hall–Kier alpha value is -3.19. The van der Waals surface area contributed by atoms with Crippen molar-refractivity contribution in [2.45, 2.75) is 6.92 Å². The number of hydrogen-bond donors (Lipinski definition) is 1. The minimum Gasteiger partial charge on any atom is -0.496 e. The third-order valence-electron chi connectivity index (χ3n) is 4.97. The molecule has 30 heavy (non-hydrogen) atoms. The van der Waals surface area contributed by atoms with Crippen molar-refractivity contribution >= 4 is 23.6 Å². The fraction of sp³-hybridized carbons (Fsp3) is 0.304. The number of halogens is 1. The summed E-state index contributed by atoms with van der Waals surface area (Å²) in [7, 11) is 1.61. The number of piperazine rings is 1. The van der Waals surface area contributed by atoms with Gasteiger partial charge in [-0.05, 0) is 49.4 Å². The quantitative estimate of drug-likeness (QED) is 0.743. The standard InChI is InChI=1S/C23H26FN3O3/c1-17-3-9-21(30-2)18(15-17)4-10-23(29)27-13-11-26(12-14-27)16-22(28)25-20-7-5-19(24)6-8-20/h3-10,15H,11-14,16H2,1-2H3,(H,25,28). The van der Waals surface area contributed by atoms with E-state index in [1.54, 1.807) is 24.2 Å². The highest BCUT2D eigenvalue weighted by atomic mass is 19.1. The van der Waals surface area contributed by atoms with Gasteiger partial charge in [0.15, 0.2) is 0 Å². The average molecular weight is 411 g/mol. The molecule has 3 rings (SSSR count). The van der Waals surface area contributed by atoms with Crippen LogP contribution in [0.5, 0.6) is 5.75 Å². The van der Waals surface area contributed by atoms with Gasteiger partial charge in [-0.3, -0.25) is 14.5 Å². The summed E-state index contributed by atoms with van der Waals surface area (Å²) in [5.74, 6) is 0.159. The molecule has 0 aliphatic carbocycles. The Balaban J connectivity index is 1.48. The zero-order valence-corrected chi connectivity index (χ0v) is 17.2. The molecule has 1 saturated heterocycles. The molecule has 0 atom stereocenters. The van der Waals surface area contributed by atoms with E-state index in [-0.39, 0.29) is 24.2 Å². The van der Waals surface area contributed by atoms with E-state index >= 15 is 0 Å². The Labute approximate surface area is 175 Å². The molecule has 0 radical (unpaired) electrons. The first kappa shape index (κ1) is 21.5. The minimum atomic E-state index is -0.344. The van der Waals surface area contributed by atoms with E-state index in [1.807, 2.05) is 30.0 Å². The van der Waals surface area contributed by atoms with Crippen LogP contribution in [-0.2, 0) is 9.59 Å². The Morgan fingerprint density at radius 2 is 1.80 bits per heavy atom. The number of hydrogen-bond acceptors (Lipinski definition) is 4. The van der Waals surface area contributed by atoms with Gasteiger partial charge in [-0.1, -0.05) is 11.6 Å². The molecule has 2 amide bonds. The number of anilines is 1. The van der Waals surface area contributed by atoms with Crippen LogP contribution in [0.4, 0.5) is 10.1 Å². The number of aryl methyl sites for hydroxylation is 1. The third-order valence-corrected chi connectivity index (χ3v) is 4.97. The molecule has 6 nitrogen and oxygen atoms in total. The van der Waals surface area contributed by atoms with Gasteiger partial charge in [-0.15, -0.1) is 0 Å². The van der Waals surface area contributed by atoms with Crippen molar-refractivity contribution in [3.63, 3.8) is 0 Å². The lowest BCUT2D eigenvalue weighted by molar-refractivity contribution is -0.127. The Morgan fingerprint density at radius 3 is 2.47 bits per heavy atom. The number of carbonyl (C=O) groups excluding carboxylic acids is 2. The fourth-order valence-corrected chi connectivity index (χ4v) is 3.31. The molecule has 0 unspecified atom stereocenters. The van der Waals surface area contributed by atoms with E-state index in [1.165, 1.54) is 24.3 Å². The number of methoxy groups -OCH3 is 1. The summed E-state index contributed by atoms with van der Waals surface area (Å²) >= 11 is 0. The highest BCUT2D eigenvalue weighted by Gasteiger charge is 2.21. The van der Waals surface area contributed by atoms with Crippen molar-refractivity contribution in [1.29, 1.82) is 0 Å². The lowest BCUT2D eigenvalue weighted by Gasteiger charge is -2.33. The maximum atomic E-state index is 12.9. The summed E-state index contributed by atoms with van der Waals surface area (Å²) in [5.41, 5.74) is 2.52. The van der Waals surface area contributed by atoms with Crippen LogP contribution in [0.1, 0.15) is 11.1 Å². The summed E-state index contributed by atoms with van der Waals surface area (Å²) in [4.78, 5) is 28.5. The SMILES string of the molecule is COc1ccc(C)cc1C=CC(=O)N1CCN(CC(=O)Nc2ccc(F)cc2)CC1. The van der Waals surface area contributed by atoms with Crippen LogP contribution in [0.2, 0.25) is 0 Å². The Bertz CT molecular complexity index is 920. The molecule has 0 spiro atoms. The third kappa shape index (κ3) is 5.90. The number of benzene rings is 2. The molecule has 7 heteroatoms. The predicted molar refractivity (Wildman–Crippen MR) is 115 cm³/mol. The molecule has 1 heterocycles. The van der Waals surface area contributed by atoms with Gasteiger partial charge in [0.25, 0.3) is 0 Å². The van der Waals surface area contributed by atoms with Crippen molar-refractivity contribution in [3.05, 3.63) is 65.5 Å². The number of carbonyl (C=O) groups is 2. The Morgan fingerprint density at radius 1 is 1.10 bits per heavy atom. The van der Waals surface area contributed by atoms with Gasteiger partial charge in [0.1, 0.15) is 11.6 Å². The van der Waals surface area contributed by atoms with E-state index in [9.17, 15) is 14.0 Å². The zero-order valence-electron chi connectivity index (χ0n) is 17.2. The second-order valence-electron chi connectivity index (χ2n) is 7.24. The van der Waals surface area contributed by atoms with Crippen LogP contribution in [0.25, 0.3) is 6.08 Å². The monoisotopic (exact) mass is 411 g/mol. The van der Waals surface area contributed by atoms with E-state index in [2.05, 4.69) is 5.32 Å². The first-order valence-corrected chi connectivity index (χ1v) is 9.84.